The fraction of sp³-hybridized carbons (Fsp3) is 0.821. The highest BCUT2D eigenvalue weighted by Gasteiger charge is 2.71. The highest BCUT2D eigenvalue weighted by atomic mass is 16.3. The summed E-state index contributed by atoms with van der Waals surface area (Å²) in [6, 6.07) is 0. The molecule has 4 rings (SSSR count). The van der Waals surface area contributed by atoms with Crippen molar-refractivity contribution in [1.82, 2.24) is 0 Å². The largest absolute Gasteiger partial charge is 0.393 e. The SMILES string of the molecule is CC(C)[C@@H](C)C=C[C@@H](C)[C@H]1CC[C@H]2C3=CC(=O)[C@]4(O)C[C@@H](O)CC[C@]4(C)[C@]3(O)CC[C@]12C. The van der Waals surface area contributed by atoms with Gasteiger partial charge in [-0.05, 0) is 85.2 Å². The van der Waals surface area contributed by atoms with Gasteiger partial charge in [-0.3, -0.25) is 4.79 Å². The summed E-state index contributed by atoms with van der Waals surface area (Å²) in [5.74, 6) is 2.01. The van der Waals surface area contributed by atoms with Crippen LogP contribution in [0.2, 0.25) is 0 Å². The van der Waals surface area contributed by atoms with Gasteiger partial charge in [0.1, 0.15) is 5.60 Å². The molecule has 0 unspecified atom stereocenters. The lowest BCUT2D eigenvalue weighted by molar-refractivity contribution is -0.223. The Kier molecular flexibility index (Phi) is 5.88. The van der Waals surface area contributed by atoms with Crippen LogP contribution in [-0.2, 0) is 4.79 Å². The zero-order valence-corrected chi connectivity index (χ0v) is 20.9. The molecule has 0 aromatic heterocycles. The average molecular weight is 445 g/mol. The van der Waals surface area contributed by atoms with E-state index in [-0.39, 0.29) is 23.5 Å². The van der Waals surface area contributed by atoms with Crippen molar-refractivity contribution in [3.8, 4) is 0 Å². The van der Waals surface area contributed by atoms with E-state index in [4.69, 9.17) is 0 Å². The Hall–Kier alpha value is -0.970. The third-order valence-corrected chi connectivity index (χ3v) is 10.7. The van der Waals surface area contributed by atoms with Gasteiger partial charge in [0.2, 0.25) is 0 Å². The van der Waals surface area contributed by atoms with Crippen LogP contribution in [0.15, 0.2) is 23.8 Å². The predicted molar refractivity (Wildman–Crippen MR) is 127 cm³/mol. The lowest BCUT2D eigenvalue weighted by Crippen LogP contribution is -2.71. The average Bonchev–Trinajstić information content (AvgIpc) is 3.07. The van der Waals surface area contributed by atoms with E-state index in [0.717, 1.165) is 24.8 Å². The highest BCUT2D eigenvalue weighted by molar-refractivity contribution is 6.00. The number of carbonyl (C=O) groups excluding carboxylic acids is 1. The smallest absolute Gasteiger partial charge is 0.188 e. The standard InChI is InChI=1S/C28H44O4/c1-17(2)18(3)7-8-19(4)21-9-10-22-23-15-24(30)28(32)16-20(29)11-12-26(28,6)27(23,31)14-13-25(21,22)5/h7-8,15,17-22,29,31-32H,9-14,16H2,1-6H3/t18-,19+,20-,21+,22-,25+,26+,27-,28+/m0/s1. The molecule has 0 amide bonds. The maximum absolute atomic E-state index is 13.3. The second-order valence-corrected chi connectivity index (χ2v) is 12.5. The van der Waals surface area contributed by atoms with Crippen LogP contribution in [0.4, 0.5) is 0 Å². The Labute approximate surface area is 194 Å². The summed E-state index contributed by atoms with van der Waals surface area (Å²) in [4.78, 5) is 13.3. The topological polar surface area (TPSA) is 77.8 Å². The monoisotopic (exact) mass is 444 g/mol. The first-order valence-corrected chi connectivity index (χ1v) is 12.9. The molecule has 180 valence electrons. The lowest BCUT2D eigenvalue weighted by atomic mass is 9.43. The zero-order chi connectivity index (χ0) is 23.7. The van der Waals surface area contributed by atoms with Crippen LogP contribution in [0.5, 0.6) is 0 Å². The Morgan fingerprint density at radius 2 is 1.66 bits per heavy atom. The molecule has 0 aliphatic heterocycles. The van der Waals surface area contributed by atoms with Gasteiger partial charge in [0.15, 0.2) is 5.78 Å². The first kappa shape index (κ1) is 24.2. The number of fused-ring (bicyclic) bond motifs is 5. The van der Waals surface area contributed by atoms with Crippen molar-refractivity contribution in [2.24, 2.45) is 40.4 Å². The first-order valence-electron chi connectivity index (χ1n) is 12.9. The molecular formula is C28H44O4. The molecule has 3 fully saturated rings. The van der Waals surface area contributed by atoms with E-state index in [1.54, 1.807) is 6.08 Å². The molecule has 0 spiro atoms. The van der Waals surface area contributed by atoms with Crippen LogP contribution in [0.1, 0.15) is 86.5 Å². The van der Waals surface area contributed by atoms with Crippen LogP contribution in [0.25, 0.3) is 0 Å². The molecule has 4 aliphatic carbocycles. The minimum absolute atomic E-state index is 0.0227. The number of hydrogen-bond acceptors (Lipinski definition) is 4. The number of aliphatic hydroxyl groups is 3. The summed E-state index contributed by atoms with van der Waals surface area (Å²) in [6.45, 7) is 13.4. The van der Waals surface area contributed by atoms with E-state index < -0.39 is 22.7 Å². The zero-order valence-electron chi connectivity index (χ0n) is 20.9. The molecule has 4 nitrogen and oxygen atoms in total. The molecular weight excluding hydrogens is 400 g/mol. The molecule has 0 saturated heterocycles. The Morgan fingerprint density at radius 1 is 0.969 bits per heavy atom. The molecule has 4 aliphatic rings. The third kappa shape index (κ3) is 3.15. The fourth-order valence-corrected chi connectivity index (χ4v) is 7.91. The van der Waals surface area contributed by atoms with Crippen molar-refractivity contribution in [2.75, 3.05) is 0 Å². The van der Waals surface area contributed by atoms with Gasteiger partial charge in [0, 0.05) is 11.8 Å². The normalized spacial score (nSPS) is 48.2. The van der Waals surface area contributed by atoms with Gasteiger partial charge >= 0.3 is 0 Å². The number of carbonyl (C=O) groups is 1. The van der Waals surface area contributed by atoms with E-state index >= 15 is 0 Å². The molecule has 4 heteroatoms. The van der Waals surface area contributed by atoms with E-state index in [1.807, 2.05) is 6.92 Å². The molecule has 0 heterocycles. The minimum Gasteiger partial charge on any atom is -0.393 e. The van der Waals surface area contributed by atoms with Crippen molar-refractivity contribution in [3.05, 3.63) is 23.8 Å². The molecule has 0 radical (unpaired) electrons. The van der Waals surface area contributed by atoms with Gasteiger partial charge in [-0.25, -0.2) is 0 Å². The van der Waals surface area contributed by atoms with Crippen LogP contribution in [0.3, 0.4) is 0 Å². The molecule has 3 saturated carbocycles. The van der Waals surface area contributed by atoms with Gasteiger partial charge in [-0.1, -0.05) is 53.7 Å². The Bertz CT molecular complexity index is 829. The summed E-state index contributed by atoms with van der Waals surface area (Å²) in [5.41, 5.74) is -2.90. The molecule has 32 heavy (non-hydrogen) atoms. The number of hydrogen-bond donors (Lipinski definition) is 3. The van der Waals surface area contributed by atoms with Crippen LogP contribution in [-0.4, -0.2) is 38.4 Å². The van der Waals surface area contributed by atoms with Crippen molar-refractivity contribution < 1.29 is 20.1 Å². The summed E-state index contributed by atoms with van der Waals surface area (Å²) in [7, 11) is 0. The molecule has 0 aromatic rings. The van der Waals surface area contributed by atoms with Gasteiger partial charge < -0.3 is 15.3 Å². The van der Waals surface area contributed by atoms with E-state index in [9.17, 15) is 20.1 Å². The van der Waals surface area contributed by atoms with Gasteiger partial charge in [0.05, 0.1) is 11.7 Å². The summed E-state index contributed by atoms with van der Waals surface area (Å²) in [6.07, 6.45) is 10.2. The lowest BCUT2D eigenvalue weighted by Gasteiger charge is -2.63. The Morgan fingerprint density at radius 3 is 2.31 bits per heavy atom. The van der Waals surface area contributed by atoms with E-state index in [0.29, 0.717) is 42.9 Å². The van der Waals surface area contributed by atoms with E-state index in [1.165, 1.54) is 0 Å². The van der Waals surface area contributed by atoms with Gasteiger partial charge in [-0.15, -0.1) is 0 Å². The maximum Gasteiger partial charge on any atom is 0.188 e. The molecule has 9 atom stereocenters. The van der Waals surface area contributed by atoms with Gasteiger partial charge in [-0.2, -0.15) is 0 Å². The number of aliphatic hydroxyl groups excluding tert-OH is 1. The van der Waals surface area contributed by atoms with Crippen molar-refractivity contribution in [1.29, 1.82) is 0 Å². The highest BCUT2D eigenvalue weighted by Crippen LogP contribution is 2.68. The third-order valence-electron chi connectivity index (χ3n) is 10.7. The number of rotatable bonds is 4. The molecule has 3 N–H and O–H groups in total. The summed E-state index contributed by atoms with van der Waals surface area (Å²) < 4.78 is 0. The van der Waals surface area contributed by atoms with E-state index in [2.05, 4.69) is 46.8 Å². The predicted octanol–water partition coefficient (Wildman–Crippen LogP) is 4.82. The second-order valence-electron chi connectivity index (χ2n) is 12.5. The van der Waals surface area contributed by atoms with Crippen LogP contribution in [0, 0.1) is 40.4 Å². The second kappa shape index (κ2) is 7.78. The maximum atomic E-state index is 13.3. The van der Waals surface area contributed by atoms with Crippen molar-refractivity contribution in [2.45, 2.75) is 104 Å². The molecule has 0 bridgehead atoms. The summed E-state index contributed by atoms with van der Waals surface area (Å²) in [5, 5.41) is 33.9. The van der Waals surface area contributed by atoms with Crippen LogP contribution >= 0.6 is 0 Å². The Balaban J connectivity index is 1.67. The summed E-state index contributed by atoms with van der Waals surface area (Å²) >= 11 is 0. The van der Waals surface area contributed by atoms with Gasteiger partial charge in [0.25, 0.3) is 0 Å². The first-order chi connectivity index (χ1) is 14.8. The fourth-order valence-electron chi connectivity index (χ4n) is 7.91. The minimum atomic E-state index is -1.68. The van der Waals surface area contributed by atoms with Crippen molar-refractivity contribution in [3.63, 3.8) is 0 Å². The number of allylic oxidation sites excluding steroid dienone is 2. The quantitative estimate of drug-likeness (QED) is 0.543. The van der Waals surface area contributed by atoms with Crippen molar-refractivity contribution >= 4 is 5.78 Å². The van der Waals surface area contributed by atoms with Crippen LogP contribution < -0.4 is 0 Å². The molecule has 0 aromatic carbocycles. The number of ketones is 1.